The van der Waals surface area contributed by atoms with E-state index in [-0.39, 0.29) is 17.5 Å². The molecule has 298 valence electrons. The molecule has 0 aliphatic carbocycles. The van der Waals surface area contributed by atoms with E-state index in [0.29, 0.717) is 10.3 Å². The van der Waals surface area contributed by atoms with Crippen LogP contribution in [0.25, 0.3) is 60.9 Å². The lowest BCUT2D eigenvalue weighted by atomic mass is 9.93. The van der Waals surface area contributed by atoms with Crippen molar-refractivity contribution in [2.45, 2.75) is 131 Å². The second-order valence-corrected chi connectivity index (χ2v) is 21.9. The summed E-state index contributed by atoms with van der Waals surface area (Å²) in [6, 6.07) is 14.2. The van der Waals surface area contributed by atoms with Crippen molar-refractivity contribution in [3.05, 3.63) is 67.6 Å². The number of hydrogen-bond acceptors (Lipinski definition) is 7. The van der Waals surface area contributed by atoms with E-state index in [1.807, 2.05) is 45.3 Å². The molecule has 1 nitrogen and oxygen atoms in total. The third-order valence-corrected chi connectivity index (χ3v) is 18.6. The quantitative estimate of drug-likeness (QED) is 0.0658. The number of carbonyl (C=O) groups excluding carboxylic acids is 1. The normalized spacial score (nSPS) is 13.8. The Hall–Kier alpha value is -2.20. The minimum absolute atomic E-state index is 0.0150. The Kier molecular flexibility index (Phi) is 14.4. The molecule has 0 aliphatic rings. The van der Waals surface area contributed by atoms with Crippen molar-refractivity contribution in [2.75, 3.05) is 0 Å². The first-order valence-electron chi connectivity index (χ1n) is 21.2. The summed E-state index contributed by atoms with van der Waals surface area (Å²) in [6.45, 7) is 13.5. The standard InChI is InChI=1S/C48H57FOS6/c1-7-13-16-29(10-4)25-32-19-21-36(53-32)40-34-23-24-51-45(34)41(37-22-20-33(54-37)26-30(11-5)17-14-8-2)35-27-38(55-46(35)40)47-42-39(28-52-47)56-48(43(42)49)44(50)31(12-6)18-15-9-3/h19-24,27-31H,7-18,25-26H2,1-6H3. The number of halogens is 1. The zero-order valence-corrected chi connectivity index (χ0v) is 38.9. The molecule has 0 saturated carbocycles. The first-order chi connectivity index (χ1) is 27.3. The molecule has 56 heavy (non-hydrogen) atoms. The highest BCUT2D eigenvalue weighted by Crippen LogP contribution is 2.54. The number of fused-ring (bicyclic) bond motifs is 3. The second-order valence-electron chi connectivity index (χ2n) is 15.7. The molecule has 6 heterocycles. The summed E-state index contributed by atoms with van der Waals surface area (Å²) in [5.41, 5.74) is 2.65. The van der Waals surface area contributed by atoms with Gasteiger partial charge in [-0.25, -0.2) is 4.39 Å². The molecule has 0 bridgehead atoms. The van der Waals surface area contributed by atoms with E-state index in [4.69, 9.17) is 0 Å². The van der Waals surface area contributed by atoms with E-state index in [1.165, 1.54) is 114 Å². The lowest BCUT2D eigenvalue weighted by Gasteiger charge is -2.13. The molecule has 0 saturated heterocycles. The van der Waals surface area contributed by atoms with Crippen LogP contribution in [0.3, 0.4) is 0 Å². The van der Waals surface area contributed by atoms with Crippen molar-refractivity contribution >= 4 is 104 Å². The monoisotopic (exact) mass is 860 g/mol. The topological polar surface area (TPSA) is 17.1 Å². The maximum Gasteiger partial charge on any atom is 0.178 e. The molecule has 7 rings (SSSR count). The first kappa shape index (κ1) is 41.9. The molecule has 1 aromatic carbocycles. The van der Waals surface area contributed by atoms with Gasteiger partial charge in [0.25, 0.3) is 0 Å². The fraction of sp³-hybridized carbons (Fsp3) is 0.479. The Morgan fingerprint density at radius 2 is 1.25 bits per heavy atom. The fourth-order valence-corrected chi connectivity index (χ4v) is 15.5. The zero-order chi connectivity index (χ0) is 39.3. The number of unbranched alkanes of at least 4 members (excludes halogenated alkanes) is 3. The van der Waals surface area contributed by atoms with E-state index in [9.17, 15) is 4.79 Å². The summed E-state index contributed by atoms with van der Waals surface area (Å²) in [6.07, 6.45) is 16.0. The molecule has 6 aromatic heterocycles. The predicted molar refractivity (Wildman–Crippen MR) is 254 cm³/mol. The largest absolute Gasteiger partial charge is 0.293 e. The Bertz CT molecular complexity index is 2270. The van der Waals surface area contributed by atoms with E-state index in [2.05, 4.69) is 88.7 Å². The van der Waals surface area contributed by atoms with Gasteiger partial charge in [0.1, 0.15) is 4.88 Å². The molecule has 7 aromatic rings. The molecule has 3 unspecified atom stereocenters. The summed E-state index contributed by atoms with van der Waals surface area (Å²) in [4.78, 5) is 21.7. The average molecular weight is 861 g/mol. The van der Waals surface area contributed by atoms with Crippen molar-refractivity contribution in [1.29, 1.82) is 0 Å². The van der Waals surface area contributed by atoms with Crippen molar-refractivity contribution in [2.24, 2.45) is 17.8 Å². The van der Waals surface area contributed by atoms with Crippen molar-refractivity contribution in [3.63, 3.8) is 0 Å². The number of Topliss-reactive ketones (excluding diaryl/α,β-unsaturated/α-hetero) is 1. The number of hydrogen-bond donors (Lipinski definition) is 0. The number of thiophene rings is 6. The van der Waals surface area contributed by atoms with Gasteiger partial charge in [-0.15, -0.1) is 68.0 Å². The molecule has 0 spiro atoms. The molecule has 0 amide bonds. The van der Waals surface area contributed by atoms with E-state index >= 15 is 4.39 Å². The molecule has 8 heteroatoms. The van der Waals surface area contributed by atoms with Gasteiger partial charge >= 0.3 is 0 Å². The predicted octanol–water partition coefficient (Wildman–Crippen LogP) is 18.6. The number of carbonyl (C=O) groups is 1. The number of rotatable bonds is 21. The fourth-order valence-electron chi connectivity index (χ4n) is 8.40. The third kappa shape index (κ3) is 8.58. The van der Waals surface area contributed by atoms with Crippen LogP contribution >= 0.6 is 68.0 Å². The minimum atomic E-state index is -0.312. The summed E-state index contributed by atoms with van der Waals surface area (Å²) in [5.74, 6) is 0.996. The van der Waals surface area contributed by atoms with Gasteiger partial charge in [0.05, 0.1) is 4.88 Å². The molecular weight excluding hydrogens is 804 g/mol. The van der Waals surface area contributed by atoms with Gasteiger partial charge in [0.15, 0.2) is 11.6 Å². The lowest BCUT2D eigenvalue weighted by Crippen LogP contribution is -2.14. The molecule has 0 aliphatic heterocycles. The molecular formula is C48H57FOS6. The molecule has 3 atom stereocenters. The highest BCUT2D eigenvalue weighted by atomic mass is 32.1. The molecule has 0 N–H and O–H groups in total. The smallest absolute Gasteiger partial charge is 0.178 e. The van der Waals surface area contributed by atoms with Crippen molar-refractivity contribution < 1.29 is 9.18 Å². The highest BCUT2D eigenvalue weighted by Gasteiger charge is 2.29. The van der Waals surface area contributed by atoms with Gasteiger partial charge in [-0.1, -0.05) is 106 Å². The van der Waals surface area contributed by atoms with Crippen LogP contribution in [0.15, 0.2) is 47.2 Å². The summed E-state index contributed by atoms with van der Waals surface area (Å²) in [5, 5.41) is 7.58. The Morgan fingerprint density at radius 3 is 1.84 bits per heavy atom. The van der Waals surface area contributed by atoms with E-state index in [0.717, 1.165) is 64.8 Å². The van der Waals surface area contributed by atoms with Crippen LogP contribution in [0.2, 0.25) is 0 Å². The van der Waals surface area contributed by atoms with Crippen LogP contribution in [0, 0.1) is 23.6 Å². The Morgan fingerprint density at radius 1 is 0.643 bits per heavy atom. The maximum absolute atomic E-state index is 16.6. The van der Waals surface area contributed by atoms with Crippen LogP contribution in [-0.4, -0.2) is 5.78 Å². The summed E-state index contributed by atoms with van der Waals surface area (Å²) in [7, 11) is 0. The minimum Gasteiger partial charge on any atom is -0.293 e. The SMILES string of the molecule is CCCCC(CC)Cc1ccc(-c2c3cc(-c4scc5sc(C(=O)C(CC)CCCC)c(F)c45)sc3c(-c3ccc(CC(CC)CCCC)s3)c3ccsc23)s1. The third-order valence-electron chi connectivity index (χ3n) is 11.9. The average Bonchev–Trinajstić information content (AvgIpc) is 4.07. The summed E-state index contributed by atoms with van der Waals surface area (Å²) >= 11 is 10.6. The number of benzene rings is 1. The van der Waals surface area contributed by atoms with Gasteiger partial charge in [0.2, 0.25) is 0 Å². The van der Waals surface area contributed by atoms with Crippen LogP contribution in [0.4, 0.5) is 4.39 Å². The van der Waals surface area contributed by atoms with Gasteiger partial charge in [0, 0.05) is 77.1 Å². The van der Waals surface area contributed by atoms with E-state index < -0.39 is 0 Å². The van der Waals surface area contributed by atoms with E-state index in [1.54, 1.807) is 11.3 Å². The molecule has 0 fully saturated rings. The van der Waals surface area contributed by atoms with Gasteiger partial charge in [-0.2, -0.15) is 0 Å². The zero-order valence-electron chi connectivity index (χ0n) is 34.0. The number of ketones is 1. The van der Waals surface area contributed by atoms with Crippen molar-refractivity contribution in [1.82, 2.24) is 0 Å². The lowest BCUT2D eigenvalue weighted by molar-refractivity contribution is 0.0909. The highest BCUT2D eigenvalue weighted by molar-refractivity contribution is 7.30. The van der Waals surface area contributed by atoms with Crippen LogP contribution < -0.4 is 0 Å². The first-order valence-corrected chi connectivity index (χ1v) is 26.2. The van der Waals surface area contributed by atoms with Crippen LogP contribution in [0.5, 0.6) is 0 Å². The van der Waals surface area contributed by atoms with Crippen LogP contribution in [0.1, 0.15) is 138 Å². The van der Waals surface area contributed by atoms with Gasteiger partial charge in [-0.3, -0.25) is 4.79 Å². The molecule has 0 radical (unpaired) electrons. The Labute approximate surface area is 358 Å². The van der Waals surface area contributed by atoms with Crippen LogP contribution in [-0.2, 0) is 12.8 Å². The Balaban J connectivity index is 1.37. The maximum atomic E-state index is 16.6. The van der Waals surface area contributed by atoms with Gasteiger partial charge < -0.3 is 0 Å². The summed E-state index contributed by atoms with van der Waals surface area (Å²) < 4.78 is 20.2. The van der Waals surface area contributed by atoms with Gasteiger partial charge in [-0.05, 0) is 79.3 Å². The van der Waals surface area contributed by atoms with Crippen molar-refractivity contribution in [3.8, 4) is 30.6 Å². The second kappa shape index (κ2) is 19.2.